The molecule has 0 N–H and O–H groups in total. The Morgan fingerprint density at radius 2 is 0.587 bits per heavy atom. The summed E-state index contributed by atoms with van der Waals surface area (Å²) >= 11 is 3.33. The molecule has 14 aromatic carbocycles. The second-order valence-corrected chi connectivity index (χ2v) is 27.8. The lowest BCUT2D eigenvalue weighted by atomic mass is 9.94. The van der Waals surface area contributed by atoms with Crippen molar-refractivity contribution in [3.8, 4) is 145 Å². The standard InChI is InChI=1S/C92H54N8O2S2/c1-7-23-55(24-8-1)66-43-47-76-79(54-66)104-92(93-76)75-52-67(51-74-69-39-21-41-71(81(69)101-83(74)75)89-97-85(57-27-11-3-12-28-57)95-86(98-89)58-29-13-4-14-30-58)64-38-20-36-62(50-64)61-35-19-37-63(49-61)65-44-48-78-77(53-65)94-91(103-78)73-46-45-68(56-25-9-2-10-26-56)80-70-40-22-42-72(82(70)102-84(73)80)90-99-87(59-31-15-5-16-32-59)96-88(100-90)60-33-17-6-18-34-60/h1-54H. The van der Waals surface area contributed by atoms with Crippen LogP contribution in [0.2, 0.25) is 0 Å². The molecule has 0 saturated carbocycles. The Morgan fingerprint density at radius 3 is 1.14 bits per heavy atom. The van der Waals surface area contributed by atoms with Gasteiger partial charge in [-0.05, 0) is 122 Å². The van der Waals surface area contributed by atoms with Gasteiger partial charge in [-0.15, -0.1) is 22.7 Å². The minimum atomic E-state index is 0.517. The van der Waals surface area contributed by atoms with E-state index in [9.17, 15) is 0 Å². The Kier molecular flexibility index (Phi) is 14.7. The third-order valence-corrected chi connectivity index (χ3v) is 21.4. The minimum absolute atomic E-state index is 0.517. The number of furan rings is 2. The van der Waals surface area contributed by atoms with E-state index in [-0.39, 0.29) is 0 Å². The zero-order chi connectivity index (χ0) is 68.6. The van der Waals surface area contributed by atoms with Gasteiger partial charge in [-0.2, -0.15) is 0 Å². The van der Waals surface area contributed by atoms with E-state index in [0.717, 1.165) is 163 Å². The highest BCUT2D eigenvalue weighted by molar-refractivity contribution is 7.22. The van der Waals surface area contributed by atoms with E-state index in [1.807, 2.05) is 146 Å². The van der Waals surface area contributed by atoms with Crippen molar-refractivity contribution in [3.63, 3.8) is 0 Å². The molecule has 0 spiro atoms. The zero-order valence-electron chi connectivity index (χ0n) is 55.4. The fraction of sp³-hybridized carbons (Fsp3) is 0. The van der Waals surface area contributed by atoms with E-state index in [1.54, 1.807) is 22.7 Å². The highest BCUT2D eigenvalue weighted by Gasteiger charge is 2.26. The summed E-state index contributed by atoms with van der Waals surface area (Å²) in [5.41, 5.74) is 22.4. The maximum atomic E-state index is 7.25. The van der Waals surface area contributed by atoms with Crippen LogP contribution in [0, 0.1) is 0 Å². The molecule has 0 unspecified atom stereocenters. The summed E-state index contributed by atoms with van der Waals surface area (Å²) in [6.07, 6.45) is 0. The van der Waals surface area contributed by atoms with Gasteiger partial charge in [0.25, 0.3) is 0 Å². The van der Waals surface area contributed by atoms with E-state index >= 15 is 0 Å². The van der Waals surface area contributed by atoms with Gasteiger partial charge in [-0.3, -0.25) is 0 Å². The fourth-order valence-electron chi connectivity index (χ4n) is 14.2. The molecule has 0 saturated heterocycles. The van der Waals surface area contributed by atoms with E-state index in [0.29, 0.717) is 46.1 Å². The number of hydrogen-bond acceptors (Lipinski definition) is 12. The summed E-state index contributed by atoms with van der Waals surface area (Å²) < 4.78 is 16.6. The number of benzene rings is 14. The Bertz CT molecular complexity index is 6610. The normalized spacial score (nSPS) is 11.7. The molecule has 104 heavy (non-hydrogen) atoms. The van der Waals surface area contributed by atoms with E-state index in [1.165, 1.54) is 0 Å². The third-order valence-electron chi connectivity index (χ3n) is 19.3. The van der Waals surface area contributed by atoms with Crippen LogP contribution < -0.4 is 0 Å². The SMILES string of the molecule is c1ccc(-c2ccc3nc(-c4cc(-c5cccc(-c6cccc(-c7ccc8sc(-c9ccc(-c%10ccccc%10)c%10c9oc9c(-c%11nc(-c%12ccccc%12)nc(-c%12ccccc%12)n%11)cccc9%10)nc8c7)c6)c5)cc5c4oc4c(-c6nc(-c7ccccc7)nc(-c7ccccc7)n6)cccc45)sc3c2)cc1. The topological polar surface area (TPSA) is 129 Å². The van der Waals surface area contributed by atoms with Gasteiger partial charge in [0.05, 0.1) is 42.7 Å². The summed E-state index contributed by atoms with van der Waals surface area (Å²) in [5, 5.41) is 5.56. The molecule has 486 valence electrons. The van der Waals surface area contributed by atoms with Crippen LogP contribution >= 0.6 is 22.7 Å². The maximum absolute atomic E-state index is 7.25. The molecular weight excluding hydrogens is 1310 g/mol. The molecule has 0 amide bonds. The van der Waals surface area contributed by atoms with Crippen LogP contribution in [-0.4, -0.2) is 39.9 Å². The van der Waals surface area contributed by atoms with E-state index < -0.39 is 0 Å². The first-order chi connectivity index (χ1) is 51.5. The molecule has 0 fully saturated rings. The predicted molar refractivity (Wildman–Crippen MR) is 425 cm³/mol. The first-order valence-electron chi connectivity index (χ1n) is 34.3. The van der Waals surface area contributed by atoms with E-state index in [4.69, 9.17) is 48.7 Å². The Hall–Kier alpha value is -13.5. The molecule has 20 rings (SSSR count). The molecule has 0 bridgehead atoms. The summed E-state index contributed by atoms with van der Waals surface area (Å²) in [4.78, 5) is 41.4. The number of hydrogen-bond donors (Lipinski definition) is 0. The molecule has 10 nitrogen and oxygen atoms in total. The van der Waals surface area contributed by atoms with Crippen molar-refractivity contribution in [2.45, 2.75) is 0 Å². The second-order valence-electron chi connectivity index (χ2n) is 25.7. The van der Waals surface area contributed by atoms with Gasteiger partial charge in [0.2, 0.25) is 0 Å². The molecule has 20 aromatic rings. The second kappa shape index (κ2) is 25.3. The van der Waals surface area contributed by atoms with Crippen molar-refractivity contribution in [2.75, 3.05) is 0 Å². The van der Waals surface area contributed by atoms with Crippen LogP contribution in [0.1, 0.15) is 0 Å². The monoisotopic (exact) mass is 1370 g/mol. The molecule has 0 radical (unpaired) electrons. The highest BCUT2D eigenvalue weighted by atomic mass is 32.1. The summed E-state index contributed by atoms with van der Waals surface area (Å²) in [5.74, 6) is 3.35. The van der Waals surface area contributed by atoms with Gasteiger partial charge >= 0.3 is 0 Å². The average molecular weight is 1370 g/mol. The quantitative estimate of drug-likeness (QED) is 0.110. The van der Waals surface area contributed by atoms with Crippen LogP contribution in [0.4, 0.5) is 0 Å². The Labute approximate surface area is 604 Å². The van der Waals surface area contributed by atoms with Crippen LogP contribution in [0.25, 0.3) is 209 Å². The van der Waals surface area contributed by atoms with Crippen LogP contribution in [0.5, 0.6) is 0 Å². The van der Waals surface area contributed by atoms with Gasteiger partial charge in [0.15, 0.2) is 34.9 Å². The first kappa shape index (κ1) is 60.4. The minimum Gasteiger partial charge on any atom is -0.455 e. The van der Waals surface area contributed by atoms with E-state index in [2.05, 4.69) is 182 Å². The molecule has 0 aliphatic heterocycles. The number of fused-ring (bicyclic) bond motifs is 8. The lowest BCUT2D eigenvalue weighted by Gasteiger charge is -2.10. The molecule has 6 heterocycles. The molecule has 0 aliphatic rings. The largest absolute Gasteiger partial charge is 0.455 e. The number of para-hydroxylation sites is 2. The Morgan fingerprint density at radius 1 is 0.192 bits per heavy atom. The maximum Gasteiger partial charge on any atom is 0.167 e. The first-order valence-corrected chi connectivity index (χ1v) is 36.0. The summed E-state index contributed by atoms with van der Waals surface area (Å²) in [6.45, 7) is 0. The van der Waals surface area contributed by atoms with Crippen molar-refractivity contribution in [2.24, 2.45) is 0 Å². The van der Waals surface area contributed by atoms with Gasteiger partial charge in [-0.25, -0.2) is 39.9 Å². The van der Waals surface area contributed by atoms with Crippen molar-refractivity contribution in [3.05, 3.63) is 328 Å². The molecular formula is C92H54N8O2S2. The molecule has 12 heteroatoms. The zero-order valence-corrected chi connectivity index (χ0v) is 57.0. The van der Waals surface area contributed by atoms with Crippen molar-refractivity contribution < 1.29 is 8.83 Å². The van der Waals surface area contributed by atoms with Gasteiger partial charge in [0, 0.05) is 43.8 Å². The Balaban J connectivity index is 0.678. The number of nitrogens with zero attached hydrogens (tertiary/aromatic N) is 8. The van der Waals surface area contributed by atoms with Gasteiger partial charge < -0.3 is 8.83 Å². The lowest BCUT2D eigenvalue weighted by molar-refractivity contribution is 0.670. The third kappa shape index (κ3) is 10.9. The average Bonchev–Trinajstić information content (AvgIpc) is 1.57. The molecule has 6 aromatic heterocycles. The van der Waals surface area contributed by atoms with Crippen LogP contribution in [0.3, 0.4) is 0 Å². The smallest absolute Gasteiger partial charge is 0.167 e. The number of thiazole rings is 2. The van der Waals surface area contributed by atoms with Crippen molar-refractivity contribution in [1.29, 1.82) is 0 Å². The predicted octanol–water partition coefficient (Wildman–Crippen LogP) is 24.7. The summed E-state index contributed by atoms with van der Waals surface area (Å²) in [6, 6.07) is 113. The van der Waals surface area contributed by atoms with Crippen LogP contribution in [0.15, 0.2) is 336 Å². The number of rotatable bonds is 13. The number of aromatic nitrogens is 8. The summed E-state index contributed by atoms with van der Waals surface area (Å²) in [7, 11) is 0. The molecule has 0 aliphatic carbocycles. The van der Waals surface area contributed by atoms with Gasteiger partial charge in [0.1, 0.15) is 32.3 Å². The van der Waals surface area contributed by atoms with Gasteiger partial charge in [-0.1, -0.05) is 261 Å². The fourth-order valence-corrected chi connectivity index (χ4v) is 16.2. The van der Waals surface area contributed by atoms with Crippen molar-refractivity contribution in [1.82, 2.24) is 39.9 Å². The molecule has 0 atom stereocenters. The lowest BCUT2D eigenvalue weighted by Crippen LogP contribution is -2.00. The highest BCUT2D eigenvalue weighted by Crippen LogP contribution is 2.48. The van der Waals surface area contributed by atoms with Crippen molar-refractivity contribution >= 4 is 87.0 Å². The van der Waals surface area contributed by atoms with Crippen LogP contribution in [-0.2, 0) is 0 Å².